The second-order valence-corrected chi connectivity index (χ2v) is 7.19. The molecule has 2 fully saturated rings. The van der Waals surface area contributed by atoms with Gasteiger partial charge in [0.05, 0.1) is 6.07 Å². The number of carboxylic acid groups (broad SMARTS) is 1. The smallest absolute Gasteiger partial charge is 0.326 e. The van der Waals surface area contributed by atoms with Crippen molar-refractivity contribution in [1.82, 2.24) is 4.90 Å². The highest BCUT2D eigenvalue weighted by molar-refractivity contribution is 6.00. The largest absolute Gasteiger partial charge is 0.480 e. The number of ether oxygens (including phenoxy) is 1. The summed E-state index contributed by atoms with van der Waals surface area (Å²) in [5.41, 5.74) is -0.427. The Kier molecular flexibility index (Phi) is 5.95. The molecule has 8 heteroatoms. The number of nitriles is 1. The van der Waals surface area contributed by atoms with Gasteiger partial charge in [-0.05, 0) is 50.3 Å². The van der Waals surface area contributed by atoms with Crippen LogP contribution in [0.15, 0.2) is 24.3 Å². The fourth-order valence-electron chi connectivity index (χ4n) is 3.69. The van der Waals surface area contributed by atoms with Crippen LogP contribution in [0.4, 0.5) is 5.69 Å². The van der Waals surface area contributed by atoms with Crippen molar-refractivity contribution in [3.05, 3.63) is 29.8 Å². The Bertz CT molecular complexity index is 810. The van der Waals surface area contributed by atoms with E-state index in [0.717, 1.165) is 12.8 Å². The number of carboxylic acids is 1. The van der Waals surface area contributed by atoms with Crippen molar-refractivity contribution in [3.8, 4) is 6.07 Å². The molecule has 1 unspecified atom stereocenters. The van der Waals surface area contributed by atoms with Crippen molar-refractivity contribution in [1.29, 1.82) is 5.26 Å². The lowest BCUT2D eigenvalue weighted by Gasteiger charge is -2.33. The quantitative estimate of drug-likeness (QED) is 0.818. The summed E-state index contributed by atoms with van der Waals surface area (Å²) in [6.07, 6.45) is 2.61. The van der Waals surface area contributed by atoms with Gasteiger partial charge in [-0.1, -0.05) is 6.07 Å². The van der Waals surface area contributed by atoms with E-state index in [-0.39, 0.29) is 5.91 Å². The molecule has 0 aliphatic carbocycles. The van der Waals surface area contributed by atoms with Crippen LogP contribution in [-0.4, -0.2) is 53.6 Å². The molecule has 1 aromatic carbocycles. The van der Waals surface area contributed by atoms with E-state index in [4.69, 9.17) is 4.74 Å². The molecule has 8 nitrogen and oxygen atoms in total. The Morgan fingerprint density at radius 1 is 1.25 bits per heavy atom. The molecule has 2 aliphatic heterocycles. The number of hydrogen-bond donors (Lipinski definition) is 2. The molecular formula is C20H23N3O5. The van der Waals surface area contributed by atoms with E-state index in [1.54, 1.807) is 18.2 Å². The third-order valence-electron chi connectivity index (χ3n) is 5.41. The standard InChI is InChI=1S/C20H23N3O5/c21-13-20(7-10-28-11-8-20)19(27)22-15-5-3-4-14(12-15)17(24)23-9-2-1-6-16(23)18(25)26/h3-5,12,16H,1-2,6-11H2,(H,22,27)(H,25,26). The second kappa shape index (κ2) is 8.40. The van der Waals surface area contributed by atoms with Crippen LogP contribution < -0.4 is 5.32 Å². The van der Waals surface area contributed by atoms with Gasteiger partial charge in [0.2, 0.25) is 5.91 Å². The lowest BCUT2D eigenvalue weighted by atomic mass is 9.81. The Morgan fingerprint density at radius 3 is 2.68 bits per heavy atom. The highest BCUT2D eigenvalue weighted by atomic mass is 16.5. The van der Waals surface area contributed by atoms with Gasteiger partial charge in [0.25, 0.3) is 5.91 Å². The van der Waals surface area contributed by atoms with E-state index in [9.17, 15) is 24.8 Å². The number of hydrogen-bond acceptors (Lipinski definition) is 5. The lowest BCUT2D eigenvalue weighted by molar-refractivity contribution is -0.143. The zero-order chi connectivity index (χ0) is 20.1. The molecule has 28 heavy (non-hydrogen) atoms. The van der Waals surface area contributed by atoms with Crippen LogP contribution in [0.3, 0.4) is 0 Å². The predicted octanol–water partition coefficient (Wildman–Crippen LogP) is 2.02. The van der Waals surface area contributed by atoms with E-state index in [1.165, 1.54) is 11.0 Å². The molecular weight excluding hydrogens is 362 g/mol. The van der Waals surface area contributed by atoms with Gasteiger partial charge in [-0.2, -0.15) is 5.26 Å². The SMILES string of the molecule is N#CC1(C(=O)Nc2cccc(C(=O)N3CCCCC3C(=O)O)c2)CCOCC1. The van der Waals surface area contributed by atoms with E-state index in [2.05, 4.69) is 11.4 Å². The molecule has 2 saturated heterocycles. The van der Waals surface area contributed by atoms with Crippen molar-refractivity contribution in [3.63, 3.8) is 0 Å². The summed E-state index contributed by atoms with van der Waals surface area (Å²) in [7, 11) is 0. The van der Waals surface area contributed by atoms with Crippen LogP contribution in [0, 0.1) is 16.7 Å². The molecule has 2 amide bonds. The van der Waals surface area contributed by atoms with Crippen LogP contribution in [0.1, 0.15) is 42.5 Å². The molecule has 2 heterocycles. The van der Waals surface area contributed by atoms with E-state index < -0.39 is 23.3 Å². The topological polar surface area (TPSA) is 120 Å². The number of nitrogens with one attached hydrogen (secondary N) is 1. The lowest BCUT2D eigenvalue weighted by Crippen LogP contribution is -2.48. The third-order valence-corrected chi connectivity index (χ3v) is 5.41. The fraction of sp³-hybridized carbons (Fsp3) is 0.500. The van der Waals surface area contributed by atoms with E-state index >= 15 is 0 Å². The zero-order valence-electron chi connectivity index (χ0n) is 15.5. The maximum Gasteiger partial charge on any atom is 0.326 e. The minimum Gasteiger partial charge on any atom is -0.480 e. The molecule has 2 N–H and O–H groups in total. The Morgan fingerprint density at radius 2 is 2.00 bits per heavy atom. The van der Waals surface area contributed by atoms with Crippen molar-refractivity contribution in [2.45, 2.75) is 38.1 Å². The molecule has 1 aromatic rings. The average Bonchev–Trinajstić information content (AvgIpc) is 2.73. The normalized spacial score (nSPS) is 21.4. The number of nitrogens with zero attached hydrogens (tertiary/aromatic N) is 2. The van der Waals surface area contributed by atoms with Gasteiger partial charge in [0, 0.05) is 31.0 Å². The Labute approximate surface area is 163 Å². The van der Waals surface area contributed by atoms with Gasteiger partial charge >= 0.3 is 5.97 Å². The van der Waals surface area contributed by atoms with Crippen molar-refractivity contribution in [2.24, 2.45) is 5.41 Å². The summed E-state index contributed by atoms with van der Waals surface area (Å²) < 4.78 is 5.24. The highest BCUT2D eigenvalue weighted by Gasteiger charge is 2.40. The number of carbonyl (C=O) groups excluding carboxylic acids is 2. The monoisotopic (exact) mass is 385 g/mol. The molecule has 1 atom stereocenters. The first-order valence-electron chi connectivity index (χ1n) is 9.41. The van der Waals surface area contributed by atoms with Crippen LogP contribution >= 0.6 is 0 Å². The molecule has 0 saturated carbocycles. The van der Waals surface area contributed by atoms with Gasteiger partial charge in [0.15, 0.2) is 0 Å². The molecule has 2 aliphatic rings. The molecule has 0 radical (unpaired) electrons. The van der Waals surface area contributed by atoms with Gasteiger partial charge in [-0.15, -0.1) is 0 Å². The number of aliphatic carboxylic acids is 1. The number of rotatable bonds is 4. The van der Waals surface area contributed by atoms with Gasteiger partial charge < -0.3 is 20.1 Å². The first-order valence-corrected chi connectivity index (χ1v) is 9.41. The summed E-state index contributed by atoms with van der Waals surface area (Å²) in [5.74, 6) is -1.79. The second-order valence-electron chi connectivity index (χ2n) is 7.19. The maximum atomic E-state index is 12.9. The summed E-state index contributed by atoms with van der Waals surface area (Å²) in [6, 6.07) is 7.68. The van der Waals surface area contributed by atoms with Crippen LogP contribution in [0.5, 0.6) is 0 Å². The van der Waals surface area contributed by atoms with Gasteiger partial charge in [-0.25, -0.2) is 4.79 Å². The molecule has 0 spiro atoms. The van der Waals surface area contributed by atoms with Crippen molar-refractivity contribution < 1.29 is 24.2 Å². The maximum absolute atomic E-state index is 12.9. The van der Waals surface area contributed by atoms with Gasteiger partial charge in [0.1, 0.15) is 11.5 Å². The minimum absolute atomic E-state index is 0.309. The summed E-state index contributed by atoms with van der Waals surface area (Å²) in [6.45, 7) is 1.10. The zero-order valence-corrected chi connectivity index (χ0v) is 15.5. The number of amides is 2. The van der Waals surface area contributed by atoms with Crippen molar-refractivity contribution in [2.75, 3.05) is 25.1 Å². The van der Waals surface area contributed by atoms with Crippen molar-refractivity contribution >= 4 is 23.5 Å². The van der Waals surface area contributed by atoms with Crippen LogP contribution in [0.2, 0.25) is 0 Å². The summed E-state index contributed by atoms with van der Waals surface area (Å²) >= 11 is 0. The molecule has 148 valence electrons. The number of benzene rings is 1. The molecule has 0 aromatic heterocycles. The highest BCUT2D eigenvalue weighted by Crippen LogP contribution is 2.31. The van der Waals surface area contributed by atoms with Crippen LogP contribution in [-0.2, 0) is 14.3 Å². The predicted molar refractivity (Wildman–Crippen MR) is 99.5 cm³/mol. The first kappa shape index (κ1) is 19.8. The minimum atomic E-state index is -1.14. The van der Waals surface area contributed by atoms with Gasteiger partial charge in [-0.3, -0.25) is 9.59 Å². The number of likely N-dealkylation sites (tertiary alicyclic amines) is 1. The number of carbonyl (C=O) groups is 3. The molecule has 0 bridgehead atoms. The number of anilines is 1. The Hall–Kier alpha value is -2.92. The number of piperidine rings is 1. The Balaban J connectivity index is 1.76. The third kappa shape index (κ3) is 3.99. The van der Waals surface area contributed by atoms with E-state index in [1.807, 2.05) is 0 Å². The first-order chi connectivity index (χ1) is 13.5. The summed E-state index contributed by atoms with van der Waals surface area (Å²) in [5, 5.41) is 21.6. The molecule has 3 rings (SSSR count). The van der Waals surface area contributed by atoms with E-state index in [0.29, 0.717) is 50.3 Å². The summed E-state index contributed by atoms with van der Waals surface area (Å²) in [4.78, 5) is 38.4. The van der Waals surface area contributed by atoms with Crippen LogP contribution in [0.25, 0.3) is 0 Å². The fourth-order valence-corrected chi connectivity index (χ4v) is 3.69. The average molecular weight is 385 g/mol.